The van der Waals surface area contributed by atoms with Gasteiger partial charge < -0.3 is 28.5 Å². The second-order valence-corrected chi connectivity index (χ2v) is 14.5. The first-order chi connectivity index (χ1) is 23.5. The first-order valence-electron chi connectivity index (χ1n) is 16.8. The van der Waals surface area contributed by atoms with Crippen LogP contribution in [0.5, 0.6) is 5.75 Å². The quantitative estimate of drug-likeness (QED) is 0.234. The Hall–Kier alpha value is -4.38. The number of aliphatic hydroxyl groups excluding tert-OH is 1. The van der Waals surface area contributed by atoms with Crippen LogP contribution in [0.25, 0.3) is 11.3 Å². The molecular weight excluding hydrogens is 629 g/mol. The molecule has 9 atom stereocenters. The molecule has 2 saturated carbocycles. The van der Waals surface area contributed by atoms with Gasteiger partial charge in [-0.15, -0.1) is 0 Å². The Morgan fingerprint density at radius 3 is 2.55 bits per heavy atom. The summed E-state index contributed by atoms with van der Waals surface area (Å²) < 4.78 is 46.7. The molecule has 1 N–H and O–H groups in total. The van der Waals surface area contributed by atoms with Crippen molar-refractivity contribution in [1.29, 1.82) is 0 Å². The standard InChI is InChI=1S/C39H38FNO8/c1-37-16-15-29-38(2,21-45-36(48-29)22-10-5-4-6-11-22)28(37)19-30(47-34(43)24-13-7-8-14-25(24)40)39(3)33(37)32(42)31-27(49-39)18-26(46-35(31)44)23-12-9-17-41-20-23/h4-14,17-18,20,28-30,32-33,36,42H,15-16,19,21H2,1-3H3/t28-,29+,30+,32+,33-,36-,37+,38+,39-/m1/s1. The summed E-state index contributed by atoms with van der Waals surface area (Å²) in [4.78, 5) is 31.5. The minimum Gasteiger partial charge on any atom is -0.482 e. The van der Waals surface area contributed by atoms with Crippen LogP contribution in [-0.2, 0) is 14.2 Å². The third-order valence-corrected chi connectivity index (χ3v) is 11.8. The number of rotatable bonds is 4. The number of esters is 1. The van der Waals surface area contributed by atoms with E-state index in [1.165, 1.54) is 18.2 Å². The van der Waals surface area contributed by atoms with E-state index in [9.17, 15) is 19.1 Å². The van der Waals surface area contributed by atoms with Crippen LogP contribution in [0.3, 0.4) is 0 Å². The van der Waals surface area contributed by atoms with Gasteiger partial charge in [-0.05, 0) is 61.8 Å². The Labute approximate surface area is 283 Å². The van der Waals surface area contributed by atoms with E-state index in [-0.39, 0.29) is 34.7 Å². The lowest BCUT2D eigenvalue weighted by atomic mass is 9.42. The molecule has 49 heavy (non-hydrogen) atoms. The van der Waals surface area contributed by atoms with Gasteiger partial charge in [0.2, 0.25) is 0 Å². The number of carbonyl (C=O) groups excluding carboxylic acids is 1. The van der Waals surface area contributed by atoms with E-state index >= 15 is 0 Å². The highest BCUT2D eigenvalue weighted by Gasteiger charge is 2.71. The van der Waals surface area contributed by atoms with Crippen LogP contribution in [0.15, 0.2) is 94.4 Å². The van der Waals surface area contributed by atoms with E-state index in [0.29, 0.717) is 31.4 Å². The molecule has 9 nitrogen and oxygen atoms in total. The van der Waals surface area contributed by atoms with Crippen molar-refractivity contribution < 1.29 is 37.7 Å². The van der Waals surface area contributed by atoms with Crippen LogP contribution >= 0.6 is 0 Å². The third kappa shape index (κ3) is 4.94. The predicted octanol–water partition coefficient (Wildman–Crippen LogP) is 6.81. The zero-order chi connectivity index (χ0) is 34.1. The predicted molar refractivity (Wildman–Crippen MR) is 175 cm³/mol. The summed E-state index contributed by atoms with van der Waals surface area (Å²) in [6, 6.07) is 20.5. The van der Waals surface area contributed by atoms with E-state index in [4.69, 9.17) is 23.4 Å². The fourth-order valence-corrected chi connectivity index (χ4v) is 9.46. The van der Waals surface area contributed by atoms with Gasteiger partial charge in [-0.25, -0.2) is 14.0 Å². The number of halogens is 1. The molecule has 0 spiro atoms. The minimum absolute atomic E-state index is 0.0173. The molecule has 0 amide bonds. The summed E-state index contributed by atoms with van der Waals surface area (Å²) in [5, 5.41) is 12.3. The fourth-order valence-electron chi connectivity index (χ4n) is 9.46. The molecule has 254 valence electrons. The van der Waals surface area contributed by atoms with Gasteiger partial charge in [-0.3, -0.25) is 4.98 Å². The number of pyridine rings is 1. The molecule has 4 heterocycles. The molecule has 8 rings (SSSR count). The Kier molecular flexibility index (Phi) is 7.55. The molecule has 0 bridgehead atoms. The highest BCUT2D eigenvalue weighted by molar-refractivity contribution is 5.89. The maximum absolute atomic E-state index is 14.9. The average molecular weight is 668 g/mol. The summed E-state index contributed by atoms with van der Waals surface area (Å²) in [6.07, 6.45) is 1.84. The number of aliphatic hydroxyl groups is 1. The number of hydrogen-bond acceptors (Lipinski definition) is 9. The van der Waals surface area contributed by atoms with Crippen LogP contribution in [-0.4, -0.2) is 40.5 Å². The number of carbonyl (C=O) groups is 1. The van der Waals surface area contributed by atoms with Gasteiger partial charge in [0, 0.05) is 40.9 Å². The van der Waals surface area contributed by atoms with Gasteiger partial charge in [0.05, 0.1) is 24.4 Å². The lowest BCUT2D eigenvalue weighted by molar-refractivity contribution is -0.330. The van der Waals surface area contributed by atoms with Gasteiger partial charge in [0.15, 0.2) is 6.29 Å². The number of hydrogen-bond donors (Lipinski definition) is 1. The number of nitrogens with zero attached hydrogens (tertiary/aromatic N) is 1. The summed E-state index contributed by atoms with van der Waals surface area (Å²) in [5.41, 5.74) is -1.91. The minimum atomic E-state index is -1.32. The van der Waals surface area contributed by atoms with Gasteiger partial charge in [-0.1, -0.05) is 56.3 Å². The molecule has 0 unspecified atom stereocenters. The van der Waals surface area contributed by atoms with Crippen molar-refractivity contribution in [2.75, 3.05) is 6.61 Å². The second-order valence-electron chi connectivity index (χ2n) is 14.5. The average Bonchev–Trinajstić information content (AvgIpc) is 3.09. The zero-order valence-corrected chi connectivity index (χ0v) is 27.5. The molecule has 4 aromatic rings. The van der Waals surface area contributed by atoms with Gasteiger partial charge >= 0.3 is 11.6 Å². The summed E-state index contributed by atoms with van der Waals surface area (Å²) >= 11 is 0. The molecule has 4 aliphatic rings. The van der Waals surface area contributed by atoms with Crippen molar-refractivity contribution >= 4 is 5.97 Å². The lowest BCUT2D eigenvalue weighted by Crippen LogP contribution is -2.72. The van der Waals surface area contributed by atoms with Gasteiger partial charge in [0.1, 0.15) is 34.6 Å². The molecule has 2 aromatic carbocycles. The number of fused-ring (bicyclic) bond motifs is 6. The monoisotopic (exact) mass is 667 g/mol. The van der Waals surface area contributed by atoms with Crippen molar-refractivity contribution in [3.8, 4) is 17.1 Å². The van der Waals surface area contributed by atoms with E-state index in [1.54, 1.807) is 36.7 Å². The first kappa shape index (κ1) is 31.9. The van der Waals surface area contributed by atoms with Crippen molar-refractivity contribution in [1.82, 2.24) is 4.98 Å². The van der Waals surface area contributed by atoms with Crippen LogP contribution in [0, 0.1) is 28.5 Å². The topological polar surface area (TPSA) is 117 Å². The molecular formula is C39H38FNO8. The first-order valence-corrected chi connectivity index (χ1v) is 16.8. The molecule has 2 aliphatic carbocycles. The van der Waals surface area contributed by atoms with Gasteiger partial charge in [-0.2, -0.15) is 0 Å². The van der Waals surface area contributed by atoms with Crippen molar-refractivity contribution in [2.24, 2.45) is 22.7 Å². The van der Waals surface area contributed by atoms with Gasteiger partial charge in [0.25, 0.3) is 0 Å². The number of benzene rings is 2. The lowest BCUT2D eigenvalue weighted by Gasteiger charge is -2.67. The highest BCUT2D eigenvalue weighted by atomic mass is 19.1. The number of ether oxygens (including phenoxy) is 4. The number of aromatic nitrogens is 1. The smallest absolute Gasteiger partial charge is 0.345 e. The highest BCUT2D eigenvalue weighted by Crippen LogP contribution is 2.68. The largest absolute Gasteiger partial charge is 0.482 e. The van der Waals surface area contributed by atoms with E-state index in [1.807, 2.05) is 37.3 Å². The Bertz CT molecular complexity index is 1950. The molecule has 10 heteroatoms. The molecule has 1 saturated heterocycles. The van der Waals surface area contributed by atoms with Crippen LogP contribution in [0.4, 0.5) is 4.39 Å². The molecule has 3 fully saturated rings. The SMILES string of the molecule is C[C@@]12CO[C@@H](c3ccccc3)O[C@H]1CC[C@@]1(C)[C@H]2C[C@H](OC(=O)c2ccccc2F)[C@@]2(C)Oc3cc(-c4cccnc4)oc(=O)c3[C@H](O)[C@H]12. The third-order valence-electron chi connectivity index (χ3n) is 11.8. The van der Waals surface area contributed by atoms with E-state index in [0.717, 1.165) is 5.56 Å². The van der Waals surface area contributed by atoms with E-state index in [2.05, 4.69) is 18.8 Å². The molecule has 2 aliphatic heterocycles. The van der Waals surface area contributed by atoms with Crippen molar-refractivity contribution in [3.05, 3.63) is 118 Å². The summed E-state index contributed by atoms with van der Waals surface area (Å²) in [5.74, 6) is -2.10. The Morgan fingerprint density at radius 2 is 1.80 bits per heavy atom. The molecule has 2 aromatic heterocycles. The second kappa shape index (κ2) is 11.6. The zero-order valence-electron chi connectivity index (χ0n) is 27.5. The Morgan fingerprint density at radius 1 is 1.02 bits per heavy atom. The summed E-state index contributed by atoms with van der Waals surface area (Å²) in [6.45, 7) is 6.41. The van der Waals surface area contributed by atoms with Crippen molar-refractivity contribution in [3.63, 3.8) is 0 Å². The maximum Gasteiger partial charge on any atom is 0.345 e. The fraction of sp³-hybridized carbons (Fsp3) is 0.410. The molecule has 0 radical (unpaired) electrons. The summed E-state index contributed by atoms with van der Waals surface area (Å²) in [7, 11) is 0. The van der Waals surface area contributed by atoms with Crippen LogP contribution < -0.4 is 10.4 Å². The maximum atomic E-state index is 14.9. The van der Waals surface area contributed by atoms with E-state index < -0.39 is 58.3 Å². The van der Waals surface area contributed by atoms with Crippen LogP contribution in [0.1, 0.15) is 73.9 Å². The van der Waals surface area contributed by atoms with Crippen LogP contribution in [0.2, 0.25) is 0 Å². The Balaban J connectivity index is 1.22. The van der Waals surface area contributed by atoms with Crippen molar-refractivity contribution in [2.45, 2.75) is 70.2 Å². The normalized spacial score (nSPS) is 34.7.